The molecule has 0 aliphatic heterocycles. The van der Waals surface area contributed by atoms with Crippen LogP contribution in [0.3, 0.4) is 0 Å². The van der Waals surface area contributed by atoms with Crippen molar-refractivity contribution in [3.8, 4) is 5.75 Å². The molecule has 5 nitrogen and oxygen atoms in total. The molecule has 0 bridgehead atoms. The summed E-state index contributed by atoms with van der Waals surface area (Å²) in [6, 6.07) is 7.03. The van der Waals surface area contributed by atoms with Crippen molar-refractivity contribution in [2.45, 2.75) is 26.5 Å². The summed E-state index contributed by atoms with van der Waals surface area (Å²) in [6.07, 6.45) is 1.64. The number of rotatable bonds is 4. The molecule has 1 aromatic carbocycles. The van der Waals surface area contributed by atoms with Gasteiger partial charge in [0.05, 0.1) is 6.10 Å². The zero-order valence-corrected chi connectivity index (χ0v) is 10.9. The van der Waals surface area contributed by atoms with Crippen LogP contribution in [0.1, 0.15) is 13.8 Å². The van der Waals surface area contributed by atoms with Crippen LogP contribution in [0.5, 0.6) is 5.75 Å². The van der Waals surface area contributed by atoms with Gasteiger partial charge in [0.1, 0.15) is 12.3 Å². The van der Waals surface area contributed by atoms with Gasteiger partial charge in [-0.1, -0.05) is 0 Å². The Morgan fingerprint density at radius 2 is 2.11 bits per heavy atom. The molecule has 2 aromatic rings. The van der Waals surface area contributed by atoms with E-state index in [1.807, 2.05) is 19.9 Å². The largest absolute Gasteiger partial charge is 0.491 e. The van der Waals surface area contributed by atoms with Crippen molar-refractivity contribution in [1.29, 1.82) is 0 Å². The van der Waals surface area contributed by atoms with Crippen molar-refractivity contribution in [3.05, 3.63) is 40.8 Å². The number of hydrogen-bond acceptors (Lipinski definition) is 3. The number of nitrogens with two attached hydrogens (primary N) is 1. The average molecular weight is 260 g/mol. The second kappa shape index (κ2) is 5.14. The number of carbonyl (C=O) groups is 1. The van der Waals surface area contributed by atoms with Crippen LogP contribution < -0.4 is 16.0 Å². The Morgan fingerprint density at radius 3 is 2.74 bits per heavy atom. The van der Waals surface area contributed by atoms with E-state index in [0.717, 1.165) is 11.1 Å². The first-order chi connectivity index (χ1) is 8.97. The second-order valence-corrected chi connectivity index (χ2v) is 4.63. The highest BCUT2D eigenvalue weighted by Gasteiger charge is 2.06. The Kier molecular flexibility index (Phi) is 3.55. The molecule has 0 radical (unpaired) electrons. The molecule has 5 heteroatoms. The van der Waals surface area contributed by atoms with Gasteiger partial charge in [-0.05, 0) is 43.5 Å². The molecule has 0 aliphatic rings. The van der Waals surface area contributed by atoms with Crippen LogP contribution >= 0.6 is 0 Å². The van der Waals surface area contributed by atoms with Gasteiger partial charge in [-0.3, -0.25) is 9.59 Å². The van der Waals surface area contributed by atoms with Gasteiger partial charge in [-0.25, -0.2) is 0 Å². The van der Waals surface area contributed by atoms with Gasteiger partial charge in [0.25, 0.3) is 5.56 Å². The van der Waals surface area contributed by atoms with Crippen molar-refractivity contribution in [2.24, 2.45) is 5.73 Å². The molecular formula is C14H16N2O3. The molecule has 1 aromatic heterocycles. The smallest absolute Gasteiger partial charge is 0.258 e. The molecule has 0 spiro atoms. The van der Waals surface area contributed by atoms with E-state index in [1.54, 1.807) is 24.4 Å². The monoisotopic (exact) mass is 260 g/mol. The summed E-state index contributed by atoms with van der Waals surface area (Å²) in [6.45, 7) is 3.77. The van der Waals surface area contributed by atoms with Gasteiger partial charge in [-0.15, -0.1) is 0 Å². The lowest BCUT2D eigenvalue weighted by Crippen LogP contribution is -2.27. The van der Waals surface area contributed by atoms with Crippen molar-refractivity contribution in [1.82, 2.24) is 4.57 Å². The minimum atomic E-state index is -0.541. The third-order valence-corrected chi connectivity index (χ3v) is 2.65. The van der Waals surface area contributed by atoms with E-state index in [4.69, 9.17) is 10.5 Å². The quantitative estimate of drug-likeness (QED) is 0.899. The highest BCUT2D eigenvalue weighted by atomic mass is 16.5. The van der Waals surface area contributed by atoms with Crippen LogP contribution in [0, 0.1) is 0 Å². The maximum absolute atomic E-state index is 12.1. The minimum absolute atomic E-state index is 0.0766. The topological polar surface area (TPSA) is 74.3 Å². The van der Waals surface area contributed by atoms with Crippen molar-refractivity contribution < 1.29 is 9.53 Å². The lowest BCUT2D eigenvalue weighted by Gasteiger charge is -2.11. The summed E-state index contributed by atoms with van der Waals surface area (Å²) >= 11 is 0. The number of aromatic nitrogens is 1. The van der Waals surface area contributed by atoms with Gasteiger partial charge in [-0.2, -0.15) is 0 Å². The molecule has 0 unspecified atom stereocenters. The first kappa shape index (κ1) is 13.1. The molecule has 0 aliphatic carbocycles. The first-order valence-electron chi connectivity index (χ1n) is 6.05. The fraction of sp³-hybridized carbons (Fsp3) is 0.286. The normalized spacial score (nSPS) is 10.9. The van der Waals surface area contributed by atoms with E-state index < -0.39 is 5.91 Å². The summed E-state index contributed by atoms with van der Waals surface area (Å²) in [5.41, 5.74) is 4.87. The molecule has 2 N–H and O–H groups in total. The Labute approximate surface area is 110 Å². The van der Waals surface area contributed by atoms with E-state index in [1.165, 1.54) is 4.57 Å². The Morgan fingerprint density at radius 1 is 1.37 bits per heavy atom. The summed E-state index contributed by atoms with van der Waals surface area (Å²) in [5, 5.41) is 1.32. The van der Waals surface area contributed by atoms with Gasteiger partial charge in [0.15, 0.2) is 0 Å². The molecule has 1 amide bonds. The summed E-state index contributed by atoms with van der Waals surface area (Å²) in [7, 11) is 0. The van der Waals surface area contributed by atoms with Crippen molar-refractivity contribution in [2.75, 3.05) is 0 Å². The second-order valence-electron chi connectivity index (χ2n) is 4.63. The third kappa shape index (κ3) is 2.93. The Bertz CT molecular complexity index is 674. The molecule has 0 atom stereocenters. The molecule has 0 saturated heterocycles. The van der Waals surface area contributed by atoms with Gasteiger partial charge in [0.2, 0.25) is 5.91 Å². The fourth-order valence-corrected chi connectivity index (χ4v) is 1.90. The van der Waals surface area contributed by atoms with Crippen LogP contribution in [-0.4, -0.2) is 16.6 Å². The molecule has 2 rings (SSSR count). The van der Waals surface area contributed by atoms with E-state index in [0.29, 0.717) is 5.39 Å². The molecule has 100 valence electrons. The number of pyridine rings is 1. The zero-order valence-electron chi connectivity index (χ0n) is 10.9. The van der Waals surface area contributed by atoms with Crippen LogP contribution in [0.15, 0.2) is 35.3 Å². The van der Waals surface area contributed by atoms with E-state index in [2.05, 4.69) is 0 Å². The summed E-state index contributed by atoms with van der Waals surface area (Å²) in [4.78, 5) is 23.0. The number of hydrogen-bond donors (Lipinski definition) is 1. The summed E-state index contributed by atoms with van der Waals surface area (Å²) < 4.78 is 6.87. The van der Waals surface area contributed by atoms with Crippen LogP contribution in [0.4, 0.5) is 0 Å². The minimum Gasteiger partial charge on any atom is -0.491 e. The lowest BCUT2D eigenvalue weighted by molar-refractivity contribution is -0.118. The SMILES string of the molecule is CC(C)Oc1ccc2c(=O)n(CC(N)=O)ccc2c1. The number of carbonyl (C=O) groups excluding carboxylic acids is 1. The zero-order chi connectivity index (χ0) is 14.0. The number of nitrogens with zero attached hydrogens (tertiary/aromatic N) is 1. The van der Waals surface area contributed by atoms with Crippen LogP contribution in [-0.2, 0) is 11.3 Å². The molecule has 0 fully saturated rings. The first-order valence-corrected chi connectivity index (χ1v) is 6.05. The van der Waals surface area contributed by atoms with E-state index in [-0.39, 0.29) is 18.2 Å². The highest BCUT2D eigenvalue weighted by molar-refractivity contribution is 5.83. The highest BCUT2D eigenvalue weighted by Crippen LogP contribution is 2.19. The van der Waals surface area contributed by atoms with Crippen molar-refractivity contribution >= 4 is 16.7 Å². The fourth-order valence-electron chi connectivity index (χ4n) is 1.90. The summed E-state index contributed by atoms with van der Waals surface area (Å²) in [5.74, 6) is 0.177. The van der Waals surface area contributed by atoms with E-state index in [9.17, 15) is 9.59 Å². The van der Waals surface area contributed by atoms with Crippen LogP contribution in [0.2, 0.25) is 0 Å². The standard InChI is InChI=1S/C14H16N2O3/c1-9(2)19-11-3-4-12-10(7-11)5-6-16(14(12)18)8-13(15)17/h3-7,9H,8H2,1-2H3,(H2,15,17). The third-order valence-electron chi connectivity index (χ3n) is 2.65. The Balaban J connectivity index is 2.47. The predicted octanol–water partition coefficient (Wildman–Crippen LogP) is 1.27. The average Bonchev–Trinajstić information content (AvgIpc) is 2.31. The van der Waals surface area contributed by atoms with Crippen molar-refractivity contribution in [3.63, 3.8) is 0 Å². The molecule has 19 heavy (non-hydrogen) atoms. The maximum Gasteiger partial charge on any atom is 0.258 e. The number of amides is 1. The number of ether oxygens (including phenoxy) is 1. The molecule has 1 heterocycles. The van der Waals surface area contributed by atoms with Crippen LogP contribution in [0.25, 0.3) is 10.8 Å². The Hall–Kier alpha value is -2.30. The number of benzene rings is 1. The van der Waals surface area contributed by atoms with E-state index >= 15 is 0 Å². The maximum atomic E-state index is 12.1. The molecule has 0 saturated carbocycles. The predicted molar refractivity (Wildman–Crippen MR) is 73.2 cm³/mol. The molecular weight excluding hydrogens is 244 g/mol. The van der Waals surface area contributed by atoms with Gasteiger partial charge >= 0.3 is 0 Å². The number of fused-ring (bicyclic) bond motifs is 1. The number of primary amides is 1. The lowest BCUT2D eigenvalue weighted by atomic mass is 10.1. The van der Waals surface area contributed by atoms with Gasteiger partial charge in [0, 0.05) is 11.6 Å². The van der Waals surface area contributed by atoms with Gasteiger partial charge < -0.3 is 15.0 Å².